The molecule has 0 atom stereocenters. The predicted octanol–water partition coefficient (Wildman–Crippen LogP) is 3.38. The minimum atomic E-state index is -0.345. The van der Waals surface area contributed by atoms with E-state index in [4.69, 9.17) is 10.5 Å². The molecule has 0 spiro atoms. The van der Waals surface area contributed by atoms with Crippen molar-refractivity contribution in [2.75, 3.05) is 12.8 Å². The highest BCUT2D eigenvalue weighted by atomic mass is 16.5. The molecular formula is C20H16N4O2. The number of pyridine rings is 1. The number of hydrogen-bond acceptors (Lipinski definition) is 5. The topological polar surface area (TPSA) is 83.0 Å². The van der Waals surface area contributed by atoms with E-state index in [1.165, 1.54) is 11.8 Å². The summed E-state index contributed by atoms with van der Waals surface area (Å²) in [7, 11) is 1.52. The van der Waals surface area contributed by atoms with Crippen LogP contribution in [0.4, 0.5) is 5.82 Å². The van der Waals surface area contributed by atoms with Gasteiger partial charge in [0.05, 0.1) is 23.8 Å². The summed E-state index contributed by atoms with van der Waals surface area (Å²) in [5.41, 5.74) is 8.50. The zero-order valence-electron chi connectivity index (χ0n) is 14.1. The van der Waals surface area contributed by atoms with Crippen molar-refractivity contribution in [2.45, 2.75) is 0 Å². The summed E-state index contributed by atoms with van der Waals surface area (Å²) in [6.07, 6.45) is 0. The largest absolute Gasteiger partial charge is 0.496 e. The molecule has 2 aromatic carbocycles. The van der Waals surface area contributed by atoms with Gasteiger partial charge in [0, 0.05) is 5.56 Å². The van der Waals surface area contributed by atoms with Crippen molar-refractivity contribution in [1.82, 2.24) is 14.8 Å². The van der Waals surface area contributed by atoms with E-state index >= 15 is 0 Å². The Kier molecular flexibility index (Phi) is 3.85. The first-order chi connectivity index (χ1) is 12.7. The first-order valence-corrected chi connectivity index (χ1v) is 8.07. The van der Waals surface area contributed by atoms with Gasteiger partial charge in [-0.15, -0.1) is 5.10 Å². The summed E-state index contributed by atoms with van der Waals surface area (Å²) in [6, 6.07) is 20.4. The summed E-state index contributed by atoms with van der Waals surface area (Å²) < 4.78 is 6.52. The number of nitrogen functional groups attached to an aromatic ring is 1. The lowest BCUT2D eigenvalue weighted by Crippen LogP contribution is -2.15. The summed E-state index contributed by atoms with van der Waals surface area (Å²) in [6.45, 7) is 0. The predicted molar refractivity (Wildman–Crippen MR) is 100 cm³/mol. The third-order valence-electron chi connectivity index (χ3n) is 4.16. The van der Waals surface area contributed by atoms with Crippen LogP contribution in [0, 0.1) is 0 Å². The Morgan fingerprint density at radius 2 is 1.73 bits per heavy atom. The summed E-state index contributed by atoms with van der Waals surface area (Å²) in [5, 5.41) is 4.84. The molecule has 0 amide bonds. The van der Waals surface area contributed by atoms with Crippen molar-refractivity contribution in [3.8, 4) is 17.0 Å². The Labute approximate surface area is 149 Å². The molecule has 4 aromatic rings. The highest BCUT2D eigenvalue weighted by Gasteiger charge is 2.20. The maximum absolute atomic E-state index is 13.0. The first kappa shape index (κ1) is 15.8. The molecule has 0 aliphatic heterocycles. The molecule has 0 radical (unpaired) electrons. The lowest BCUT2D eigenvalue weighted by molar-refractivity contribution is 0.0947. The molecule has 6 heteroatoms. The van der Waals surface area contributed by atoms with E-state index in [-0.39, 0.29) is 11.7 Å². The quantitative estimate of drug-likeness (QED) is 0.616. The highest BCUT2D eigenvalue weighted by molar-refractivity contribution is 6.04. The van der Waals surface area contributed by atoms with Gasteiger partial charge < -0.3 is 10.5 Å². The Hall–Kier alpha value is -3.67. The van der Waals surface area contributed by atoms with E-state index in [0.717, 1.165) is 11.3 Å². The Balaban J connectivity index is 1.88. The van der Waals surface area contributed by atoms with Crippen molar-refractivity contribution >= 4 is 22.8 Å². The summed E-state index contributed by atoms with van der Waals surface area (Å²) >= 11 is 0. The van der Waals surface area contributed by atoms with Crippen LogP contribution in [0.2, 0.25) is 0 Å². The summed E-state index contributed by atoms with van der Waals surface area (Å²) in [5.74, 6) is 0.385. The Morgan fingerprint density at radius 1 is 1.00 bits per heavy atom. The van der Waals surface area contributed by atoms with Gasteiger partial charge in [0.1, 0.15) is 5.75 Å². The fourth-order valence-electron chi connectivity index (χ4n) is 2.87. The van der Waals surface area contributed by atoms with Gasteiger partial charge >= 0.3 is 0 Å². The highest BCUT2D eigenvalue weighted by Crippen LogP contribution is 2.26. The molecule has 128 valence electrons. The molecule has 0 saturated heterocycles. The number of ether oxygens (including phenoxy) is 1. The Morgan fingerprint density at radius 3 is 2.50 bits per heavy atom. The van der Waals surface area contributed by atoms with E-state index < -0.39 is 0 Å². The van der Waals surface area contributed by atoms with E-state index in [1.807, 2.05) is 42.5 Å². The van der Waals surface area contributed by atoms with E-state index in [1.54, 1.807) is 24.3 Å². The van der Waals surface area contributed by atoms with Gasteiger partial charge in [-0.2, -0.15) is 4.68 Å². The molecule has 0 aliphatic rings. The van der Waals surface area contributed by atoms with E-state index in [0.29, 0.717) is 22.3 Å². The van der Waals surface area contributed by atoms with Gasteiger partial charge in [0.15, 0.2) is 11.5 Å². The fourth-order valence-corrected chi connectivity index (χ4v) is 2.87. The molecule has 2 heterocycles. The lowest BCUT2D eigenvalue weighted by atomic mass is 10.1. The van der Waals surface area contributed by atoms with Crippen molar-refractivity contribution in [3.05, 3.63) is 72.3 Å². The van der Waals surface area contributed by atoms with Crippen molar-refractivity contribution < 1.29 is 9.53 Å². The number of methoxy groups -OCH3 is 1. The maximum Gasteiger partial charge on any atom is 0.283 e. The molecule has 0 fully saturated rings. The number of fused-ring (bicyclic) bond motifs is 1. The molecule has 2 aromatic heterocycles. The molecule has 0 bridgehead atoms. The third kappa shape index (κ3) is 2.57. The van der Waals surface area contributed by atoms with Crippen LogP contribution in [0.25, 0.3) is 22.3 Å². The molecule has 2 N–H and O–H groups in total. The van der Waals surface area contributed by atoms with Crippen LogP contribution < -0.4 is 10.5 Å². The minimum Gasteiger partial charge on any atom is -0.496 e. The van der Waals surface area contributed by atoms with Gasteiger partial charge in [-0.05, 0) is 24.3 Å². The number of nitrogens with two attached hydrogens (primary N) is 1. The number of anilines is 1. The average Bonchev–Trinajstić information content (AvgIpc) is 3.04. The van der Waals surface area contributed by atoms with Crippen LogP contribution in [-0.2, 0) is 0 Å². The number of aromatic nitrogens is 3. The lowest BCUT2D eigenvalue weighted by Gasteiger charge is -2.07. The molecule has 6 nitrogen and oxygen atoms in total. The number of rotatable bonds is 3. The van der Waals surface area contributed by atoms with Gasteiger partial charge in [0.25, 0.3) is 5.91 Å². The second-order valence-electron chi connectivity index (χ2n) is 5.74. The SMILES string of the molecule is COc1ccccc1C(=O)n1nc(N)c2ccc(-c3ccccc3)nc21. The van der Waals surface area contributed by atoms with Gasteiger partial charge in [-0.3, -0.25) is 4.79 Å². The number of hydrogen-bond donors (Lipinski definition) is 1. The van der Waals surface area contributed by atoms with Gasteiger partial charge in [-0.25, -0.2) is 4.98 Å². The smallest absolute Gasteiger partial charge is 0.283 e. The van der Waals surface area contributed by atoms with Crippen LogP contribution in [0.15, 0.2) is 66.7 Å². The molecular weight excluding hydrogens is 328 g/mol. The standard InChI is InChI=1S/C20H16N4O2/c1-26-17-10-6-5-9-14(17)20(25)24-19-15(18(21)23-24)11-12-16(22-19)13-7-3-2-4-8-13/h2-12H,1H3,(H2,21,23). The van der Waals surface area contributed by atoms with Crippen molar-refractivity contribution in [3.63, 3.8) is 0 Å². The molecule has 4 rings (SSSR count). The monoisotopic (exact) mass is 344 g/mol. The first-order valence-electron chi connectivity index (χ1n) is 8.07. The third-order valence-corrected chi connectivity index (χ3v) is 4.16. The molecule has 26 heavy (non-hydrogen) atoms. The average molecular weight is 344 g/mol. The number of para-hydroxylation sites is 1. The number of nitrogens with zero attached hydrogens (tertiary/aromatic N) is 3. The molecule has 0 aliphatic carbocycles. The minimum absolute atomic E-state index is 0.260. The molecule has 0 saturated carbocycles. The maximum atomic E-state index is 13.0. The van der Waals surface area contributed by atoms with Crippen LogP contribution in [0.5, 0.6) is 5.75 Å². The normalized spacial score (nSPS) is 10.8. The number of benzene rings is 2. The second kappa shape index (κ2) is 6.33. The van der Waals surface area contributed by atoms with Crippen LogP contribution in [0.3, 0.4) is 0 Å². The number of carbonyl (C=O) groups excluding carboxylic acids is 1. The van der Waals surface area contributed by atoms with Gasteiger partial charge in [0.2, 0.25) is 0 Å². The number of carbonyl (C=O) groups is 1. The second-order valence-corrected chi connectivity index (χ2v) is 5.74. The van der Waals surface area contributed by atoms with Crippen LogP contribution in [0.1, 0.15) is 10.4 Å². The van der Waals surface area contributed by atoms with Gasteiger partial charge in [-0.1, -0.05) is 42.5 Å². The molecule has 0 unspecified atom stereocenters. The van der Waals surface area contributed by atoms with Crippen molar-refractivity contribution in [2.24, 2.45) is 0 Å². The Bertz CT molecular complexity index is 1100. The van der Waals surface area contributed by atoms with Crippen LogP contribution in [-0.4, -0.2) is 27.8 Å². The van der Waals surface area contributed by atoms with E-state index in [2.05, 4.69) is 10.1 Å². The summed E-state index contributed by atoms with van der Waals surface area (Å²) in [4.78, 5) is 17.7. The van der Waals surface area contributed by atoms with Crippen molar-refractivity contribution in [1.29, 1.82) is 0 Å². The van der Waals surface area contributed by atoms with Crippen LogP contribution >= 0.6 is 0 Å². The zero-order valence-corrected chi connectivity index (χ0v) is 14.1. The fraction of sp³-hybridized carbons (Fsp3) is 0.0500. The van der Waals surface area contributed by atoms with E-state index in [9.17, 15) is 4.79 Å². The zero-order chi connectivity index (χ0) is 18.1.